The Hall–Kier alpha value is -0.110. The molecule has 0 fully saturated rings. The molecule has 0 spiro atoms. The maximum absolute atomic E-state index is 8.94. The third-order valence-corrected chi connectivity index (χ3v) is 5.70. The predicted octanol–water partition coefficient (Wildman–Crippen LogP) is 9.47. The molecule has 0 bridgehead atoms. The zero-order valence-corrected chi connectivity index (χ0v) is 18.7. The van der Waals surface area contributed by atoms with Crippen molar-refractivity contribution in [1.29, 1.82) is 0 Å². The Bertz CT molecular complexity index is 277. The van der Waals surface area contributed by atoms with Crippen molar-refractivity contribution in [3.05, 3.63) is 0 Å². The molecule has 2 heteroatoms. The van der Waals surface area contributed by atoms with Crippen LogP contribution < -0.4 is 0 Å². The van der Waals surface area contributed by atoms with Gasteiger partial charge in [-0.05, 0) is 18.6 Å². The number of aliphatic hydroxyl groups excluding tert-OH is 1. The van der Waals surface area contributed by atoms with Crippen LogP contribution in [0.4, 0.5) is 0 Å². The summed E-state index contributed by atoms with van der Waals surface area (Å²) in [6, 6.07) is 0. The Morgan fingerprint density at radius 3 is 0.923 bits per heavy atom. The molecule has 0 saturated carbocycles. The molecule has 0 aliphatic rings. The highest BCUT2D eigenvalue weighted by Gasteiger charge is 1.96. The summed E-state index contributed by atoms with van der Waals surface area (Å²) in [4.78, 5) is 0. The highest BCUT2D eigenvalue weighted by atomic mass is 32.1. The monoisotopic (exact) mass is 384 g/mol. The van der Waals surface area contributed by atoms with E-state index >= 15 is 0 Å². The molecule has 1 nitrogen and oxygen atoms in total. The van der Waals surface area contributed by atoms with Crippen molar-refractivity contribution >= 4 is 17.3 Å². The average Bonchev–Trinajstić information content (AvgIpc) is 2.62. The Morgan fingerprint density at radius 1 is 0.462 bits per heavy atom. The van der Waals surface area contributed by atoms with Crippen molar-refractivity contribution in [2.45, 2.75) is 148 Å². The molecule has 0 unspecified atom stereocenters. The lowest BCUT2D eigenvalue weighted by molar-refractivity contribution is 0.516. The van der Waals surface area contributed by atoms with Crippen molar-refractivity contribution < 1.29 is 5.11 Å². The fourth-order valence-corrected chi connectivity index (χ4v) is 3.85. The number of hydrogen-bond donors (Lipinski definition) is 1. The second-order valence-electron chi connectivity index (χ2n) is 8.21. The van der Waals surface area contributed by atoms with E-state index in [4.69, 9.17) is 5.11 Å². The van der Waals surface area contributed by atoms with Crippen molar-refractivity contribution in [3.63, 3.8) is 0 Å². The van der Waals surface area contributed by atoms with Gasteiger partial charge in [0, 0.05) is 6.42 Å². The van der Waals surface area contributed by atoms with Crippen LogP contribution in [0, 0.1) is 0 Å². The molecule has 0 rings (SSSR count). The van der Waals surface area contributed by atoms with E-state index in [9.17, 15) is 0 Å². The topological polar surface area (TPSA) is 20.2 Å². The van der Waals surface area contributed by atoms with Crippen molar-refractivity contribution in [2.24, 2.45) is 0 Å². The van der Waals surface area contributed by atoms with Crippen molar-refractivity contribution in [3.8, 4) is 0 Å². The highest BCUT2D eigenvalue weighted by Crippen LogP contribution is 2.15. The SMILES string of the molecule is CCCCCCCCCCCCCCCCCCCCCCCC(O)=S. The van der Waals surface area contributed by atoms with Gasteiger partial charge in [-0.1, -0.05) is 135 Å². The molecular weight excluding hydrogens is 336 g/mol. The van der Waals surface area contributed by atoms with E-state index in [1.54, 1.807) is 0 Å². The first-order valence-electron chi connectivity index (χ1n) is 12.0. The van der Waals surface area contributed by atoms with E-state index < -0.39 is 0 Å². The quantitative estimate of drug-likeness (QED) is 0.148. The Kier molecular flexibility index (Phi) is 22.8. The van der Waals surface area contributed by atoms with Gasteiger partial charge < -0.3 is 5.11 Å². The largest absolute Gasteiger partial charge is 0.502 e. The van der Waals surface area contributed by atoms with Gasteiger partial charge in [0.1, 0.15) is 0 Å². The molecule has 0 heterocycles. The molecule has 0 aliphatic heterocycles. The Morgan fingerprint density at radius 2 is 0.692 bits per heavy atom. The molecule has 1 N–H and O–H groups in total. The van der Waals surface area contributed by atoms with Crippen LogP contribution in [0.25, 0.3) is 0 Å². The van der Waals surface area contributed by atoms with Crippen LogP contribution >= 0.6 is 12.2 Å². The van der Waals surface area contributed by atoms with Crippen LogP contribution in [0.3, 0.4) is 0 Å². The maximum atomic E-state index is 8.94. The molecule has 0 radical (unpaired) electrons. The van der Waals surface area contributed by atoms with Gasteiger partial charge in [-0.3, -0.25) is 0 Å². The molecule has 156 valence electrons. The number of thiocarbonyl (C=S) groups is 1. The van der Waals surface area contributed by atoms with Crippen LogP contribution in [0.5, 0.6) is 0 Å². The standard InChI is InChI=1S/C24H48OS/c1-2-3-4-5-6-7-8-9-10-11-12-13-14-15-16-17-18-19-20-21-22-23-24(25)26/h2-23H2,1H3,(H,25,26). The molecule has 0 amide bonds. The van der Waals surface area contributed by atoms with Gasteiger partial charge in [-0.15, -0.1) is 0 Å². The summed E-state index contributed by atoms with van der Waals surface area (Å²) in [6.07, 6.45) is 30.2. The second-order valence-corrected chi connectivity index (χ2v) is 8.69. The summed E-state index contributed by atoms with van der Waals surface area (Å²) in [5.74, 6) is 0. The van der Waals surface area contributed by atoms with Gasteiger partial charge in [-0.25, -0.2) is 0 Å². The molecule has 26 heavy (non-hydrogen) atoms. The van der Waals surface area contributed by atoms with Gasteiger partial charge >= 0.3 is 0 Å². The fraction of sp³-hybridized carbons (Fsp3) is 0.958. The van der Waals surface area contributed by atoms with Crippen LogP contribution in [0.2, 0.25) is 0 Å². The van der Waals surface area contributed by atoms with Crippen molar-refractivity contribution in [2.75, 3.05) is 0 Å². The van der Waals surface area contributed by atoms with Crippen LogP contribution in [0.1, 0.15) is 148 Å². The van der Waals surface area contributed by atoms with Gasteiger partial charge in [0.25, 0.3) is 0 Å². The summed E-state index contributed by atoms with van der Waals surface area (Å²) in [5.41, 5.74) is 0. The van der Waals surface area contributed by atoms with E-state index in [2.05, 4.69) is 19.1 Å². The van der Waals surface area contributed by atoms with Crippen LogP contribution in [0.15, 0.2) is 0 Å². The molecular formula is C24H48OS. The Labute approximate surface area is 170 Å². The van der Waals surface area contributed by atoms with E-state index in [1.807, 2.05) is 0 Å². The molecule has 0 aromatic rings. The number of unbranched alkanes of at least 4 members (excludes halogenated alkanes) is 20. The lowest BCUT2D eigenvalue weighted by atomic mass is 10.0. The minimum Gasteiger partial charge on any atom is -0.502 e. The predicted molar refractivity (Wildman–Crippen MR) is 122 cm³/mol. The van der Waals surface area contributed by atoms with Gasteiger partial charge in [-0.2, -0.15) is 0 Å². The first kappa shape index (κ1) is 25.9. The molecule has 0 aliphatic carbocycles. The first-order chi connectivity index (χ1) is 12.8. The summed E-state index contributed by atoms with van der Waals surface area (Å²) in [5, 5.41) is 9.13. The number of rotatable bonds is 22. The summed E-state index contributed by atoms with van der Waals surface area (Å²) < 4.78 is 0. The van der Waals surface area contributed by atoms with Crippen molar-refractivity contribution in [1.82, 2.24) is 0 Å². The summed E-state index contributed by atoms with van der Waals surface area (Å²) in [6.45, 7) is 2.29. The van der Waals surface area contributed by atoms with Gasteiger partial charge in [0.2, 0.25) is 0 Å². The van der Waals surface area contributed by atoms with E-state index in [0.717, 1.165) is 6.42 Å². The van der Waals surface area contributed by atoms with E-state index in [-0.39, 0.29) is 5.05 Å². The fourth-order valence-electron chi connectivity index (χ4n) is 3.71. The highest BCUT2D eigenvalue weighted by molar-refractivity contribution is 7.80. The first-order valence-corrected chi connectivity index (χ1v) is 12.4. The molecule has 0 aromatic heterocycles. The van der Waals surface area contributed by atoms with Crippen LogP contribution in [-0.4, -0.2) is 10.2 Å². The third kappa shape index (κ3) is 23.9. The molecule has 0 atom stereocenters. The minimum absolute atomic E-state index is 0.183. The van der Waals surface area contributed by atoms with E-state index in [0.29, 0.717) is 6.42 Å². The summed E-state index contributed by atoms with van der Waals surface area (Å²) >= 11 is 4.68. The van der Waals surface area contributed by atoms with E-state index in [1.165, 1.54) is 128 Å². The minimum atomic E-state index is 0.183. The Balaban J connectivity index is 2.98. The number of hydrogen-bond acceptors (Lipinski definition) is 1. The average molecular weight is 385 g/mol. The van der Waals surface area contributed by atoms with Crippen LogP contribution in [-0.2, 0) is 0 Å². The lowest BCUT2D eigenvalue weighted by Gasteiger charge is -2.04. The summed E-state index contributed by atoms with van der Waals surface area (Å²) in [7, 11) is 0. The molecule has 0 aromatic carbocycles. The van der Waals surface area contributed by atoms with Gasteiger partial charge in [0.05, 0.1) is 0 Å². The van der Waals surface area contributed by atoms with Gasteiger partial charge in [0.15, 0.2) is 5.05 Å². The zero-order chi connectivity index (χ0) is 19.1. The maximum Gasteiger partial charge on any atom is 0.156 e. The molecule has 0 saturated heterocycles. The lowest BCUT2D eigenvalue weighted by Crippen LogP contribution is -1.90. The number of aliphatic hydroxyl groups is 1. The smallest absolute Gasteiger partial charge is 0.156 e. The zero-order valence-electron chi connectivity index (χ0n) is 17.9. The second kappa shape index (κ2) is 22.9. The third-order valence-electron chi connectivity index (χ3n) is 5.49. The normalized spacial score (nSPS) is 11.1.